The van der Waals surface area contributed by atoms with Gasteiger partial charge in [0, 0.05) is 12.7 Å². The molecule has 0 bridgehead atoms. The number of azo groups is 1. The molecule has 0 aliphatic carbocycles. The summed E-state index contributed by atoms with van der Waals surface area (Å²) in [4.78, 5) is 2.11. The first-order chi connectivity index (χ1) is 10.8. The summed E-state index contributed by atoms with van der Waals surface area (Å²) in [7, 11) is 2.03. The van der Waals surface area contributed by atoms with Crippen molar-refractivity contribution in [1.29, 1.82) is 0 Å². The average Bonchev–Trinajstić information content (AvgIpc) is 2.61. The second-order valence-corrected chi connectivity index (χ2v) is 4.92. The first-order valence-electron chi connectivity index (χ1n) is 7.19. The number of hydrogen-bond acceptors (Lipinski definition) is 3. The zero-order valence-corrected chi connectivity index (χ0v) is 12.4. The zero-order valence-electron chi connectivity index (χ0n) is 12.4. The molecule has 0 unspecified atom stereocenters. The molecule has 108 valence electrons. The van der Waals surface area contributed by atoms with Crippen LogP contribution in [-0.4, -0.2) is 7.05 Å². The smallest absolute Gasteiger partial charge is 0.109 e. The SMILES string of the molecule is CN(c1ccccc1)c1ccccc1N=Nc1ccccc1. The maximum Gasteiger partial charge on any atom is 0.109 e. The number of benzene rings is 3. The first-order valence-corrected chi connectivity index (χ1v) is 7.19. The summed E-state index contributed by atoms with van der Waals surface area (Å²) in [5, 5.41) is 8.72. The van der Waals surface area contributed by atoms with E-state index in [1.807, 2.05) is 79.8 Å². The summed E-state index contributed by atoms with van der Waals surface area (Å²) < 4.78 is 0. The van der Waals surface area contributed by atoms with E-state index in [0.717, 1.165) is 22.7 Å². The van der Waals surface area contributed by atoms with Crippen LogP contribution in [0.3, 0.4) is 0 Å². The van der Waals surface area contributed by atoms with Crippen molar-refractivity contribution in [1.82, 2.24) is 0 Å². The Morgan fingerprint density at radius 3 is 1.95 bits per heavy atom. The van der Waals surface area contributed by atoms with Gasteiger partial charge in [0.15, 0.2) is 0 Å². The molecule has 0 amide bonds. The standard InChI is InChI=1S/C19H17N3/c1-22(17-12-6-3-7-13-17)19-15-9-8-14-18(19)21-20-16-10-4-2-5-11-16/h2-15H,1H3. The second-order valence-electron chi connectivity index (χ2n) is 4.92. The van der Waals surface area contributed by atoms with Gasteiger partial charge < -0.3 is 4.90 Å². The molecule has 3 nitrogen and oxygen atoms in total. The van der Waals surface area contributed by atoms with Gasteiger partial charge in [0.05, 0.1) is 11.4 Å². The number of rotatable bonds is 4. The molecule has 0 fully saturated rings. The molecule has 3 aromatic carbocycles. The molecule has 0 spiro atoms. The molecule has 0 atom stereocenters. The van der Waals surface area contributed by atoms with Crippen LogP contribution in [0.2, 0.25) is 0 Å². The van der Waals surface area contributed by atoms with Crippen molar-refractivity contribution in [2.24, 2.45) is 10.2 Å². The van der Waals surface area contributed by atoms with Gasteiger partial charge in [0.2, 0.25) is 0 Å². The van der Waals surface area contributed by atoms with Crippen LogP contribution in [0.5, 0.6) is 0 Å². The number of anilines is 2. The van der Waals surface area contributed by atoms with Crippen LogP contribution in [-0.2, 0) is 0 Å². The van der Waals surface area contributed by atoms with E-state index in [1.165, 1.54) is 0 Å². The second kappa shape index (κ2) is 6.68. The lowest BCUT2D eigenvalue weighted by molar-refractivity contribution is 1.17. The van der Waals surface area contributed by atoms with E-state index in [1.54, 1.807) is 0 Å². The third kappa shape index (κ3) is 3.20. The molecular formula is C19H17N3. The van der Waals surface area contributed by atoms with E-state index in [-0.39, 0.29) is 0 Å². The normalized spacial score (nSPS) is 10.8. The van der Waals surface area contributed by atoms with Crippen LogP contribution in [0.4, 0.5) is 22.7 Å². The molecule has 0 N–H and O–H groups in total. The van der Waals surface area contributed by atoms with Crippen molar-refractivity contribution in [2.45, 2.75) is 0 Å². The minimum atomic E-state index is 0.845. The fourth-order valence-electron chi connectivity index (χ4n) is 2.23. The third-order valence-corrected chi connectivity index (χ3v) is 3.42. The van der Waals surface area contributed by atoms with Crippen LogP contribution in [0.1, 0.15) is 0 Å². The Balaban J connectivity index is 1.92. The molecule has 0 heterocycles. The molecule has 0 radical (unpaired) electrons. The summed E-state index contributed by atoms with van der Waals surface area (Å²) in [5.74, 6) is 0. The van der Waals surface area contributed by atoms with E-state index < -0.39 is 0 Å². The van der Waals surface area contributed by atoms with Crippen molar-refractivity contribution in [3.05, 3.63) is 84.9 Å². The van der Waals surface area contributed by atoms with Gasteiger partial charge in [-0.3, -0.25) is 0 Å². The summed E-state index contributed by atoms with van der Waals surface area (Å²) in [6.45, 7) is 0. The average molecular weight is 287 g/mol. The van der Waals surface area contributed by atoms with Crippen molar-refractivity contribution in [2.75, 3.05) is 11.9 Å². The molecule has 3 aromatic rings. The van der Waals surface area contributed by atoms with Gasteiger partial charge in [-0.1, -0.05) is 48.5 Å². The monoisotopic (exact) mass is 287 g/mol. The highest BCUT2D eigenvalue weighted by Gasteiger charge is 2.08. The predicted molar refractivity (Wildman–Crippen MR) is 91.6 cm³/mol. The Morgan fingerprint density at radius 1 is 0.636 bits per heavy atom. The van der Waals surface area contributed by atoms with Gasteiger partial charge in [0.1, 0.15) is 5.69 Å². The molecule has 22 heavy (non-hydrogen) atoms. The third-order valence-electron chi connectivity index (χ3n) is 3.42. The Hall–Kier alpha value is -2.94. The van der Waals surface area contributed by atoms with Crippen LogP contribution in [0.15, 0.2) is 95.2 Å². The Morgan fingerprint density at radius 2 is 1.23 bits per heavy atom. The van der Waals surface area contributed by atoms with Crippen molar-refractivity contribution < 1.29 is 0 Å². The van der Waals surface area contributed by atoms with Gasteiger partial charge in [-0.15, -0.1) is 5.11 Å². The Bertz CT molecular complexity index is 752. The zero-order chi connectivity index (χ0) is 15.2. The van der Waals surface area contributed by atoms with E-state index >= 15 is 0 Å². The first kappa shape index (κ1) is 14.0. The van der Waals surface area contributed by atoms with Gasteiger partial charge >= 0.3 is 0 Å². The van der Waals surface area contributed by atoms with Gasteiger partial charge in [-0.25, -0.2) is 0 Å². The lowest BCUT2D eigenvalue weighted by Gasteiger charge is -2.20. The maximum atomic E-state index is 4.41. The summed E-state index contributed by atoms with van der Waals surface area (Å²) in [5.41, 5.74) is 3.83. The van der Waals surface area contributed by atoms with Crippen LogP contribution >= 0.6 is 0 Å². The molecule has 0 aliphatic rings. The molecular weight excluding hydrogens is 270 g/mol. The fraction of sp³-hybridized carbons (Fsp3) is 0.0526. The van der Waals surface area contributed by atoms with Gasteiger partial charge in [-0.2, -0.15) is 5.11 Å². The van der Waals surface area contributed by atoms with Crippen LogP contribution in [0.25, 0.3) is 0 Å². The van der Waals surface area contributed by atoms with Crippen molar-refractivity contribution in [3.8, 4) is 0 Å². The number of nitrogens with zero attached hydrogens (tertiary/aromatic N) is 3. The van der Waals surface area contributed by atoms with E-state index in [0.29, 0.717) is 0 Å². The Labute approximate surface area is 130 Å². The minimum absolute atomic E-state index is 0.845. The number of para-hydroxylation sites is 2. The largest absolute Gasteiger partial charge is 0.343 e. The quantitative estimate of drug-likeness (QED) is 0.551. The highest BCUT2D eigenvalue weighted by molar-refractivity contribution is 5.73. The molecule has 3 rings (SSSR count). The highest BCUT2D eigenvalue weighted by Crippen LogP contribution is 2.33. The summed E-state index contributed by atoms with van der Waals surface area (Å²) >= 11 is 0. The predicted octanol–water partition coefficient (Wildman–Crippen LogP) is 5.87. The minimum Gasteiger partial charge on any atom is -0.343 e. The maximum absolute atomic E-state index is 4.41. The van der Waals surface area contributed by atoms with E-state index in [4.69, 9.17) is 0 Å². The van der Waals surface area contributed by atoms with Crippen molar-refractivity contribution in [3.63, 3.8) is 0 Å². The molecule has 0 saturated heterocycles. The topological polar surface area (TPSA) is 28.0 Å². The van der Waals surface area contributed by atoms with Crippen LogP contribution in [0, 0.1) is 0 Å². The summed E-state index contributed by atoms with van der Waals surface area (Å²) in [6.07, 6.45) is 0. The molecule has 0 aliphatic heterocycles. The van der Waals surface area contributed by atoms with Crippen LogP contribution < -0.4 is 4.90 Å². The van der Waals surface area contributed by atoms with Gasteiger partial charge in [0.25, 0.3) is 0 Å². The fourth-order valence-corrected chi connectivity index (χ4v) is 2.23. The van der Waals surface area contributed by atoms with Gasteiger partial charge in [-0.05, 0) is 36.4 Å². The molecule has 3 heteroatoms. The van der Waals surface area contributed by atoms with E-state index in [2.05, 4.69) is 27.3 Å². The lowest BCUT2D eigenvalue weighted by atomic mass is 10.2. The highest BCUT2D eigenvalue weighted by atomic mass is 15.2. The number of hydrogen-bond donors (Lipinski definition) is 0. The molecule has 0 saturated carbocycles. The lowest BCUT2D eigenvalue weighted by Crippen LogP contribution is -2.09. The summed E-state index contributed by atoms with van der Waals surface area (Å²) in [6, 6.07) is 28.0. The van der Waals surface area contributed by atoms with E-state index in [9.17, 15) is 0 Å². The Kier molecular flexibility index (Phi) is 4.25. The molecule has 0 aromatic heterocycles. The van der Waals surface area contributed by atoms with Crippen molar-refractivity contribution >= 4 is 22.7 Å².